The molecule has 13 heavy (non-hydrogen) atoms. The highest BCUT2D eigenvalue weighted by Crippen LogP contribution is 2.12. The van der Waals surface area contributed by atoms with Crippen LogP contribution in [0.3, 0.4) is 0 Å². The molecule has 1 atom stereocenters. The van der Waals surface area contributed by atoms with E-state index in [0.717, 1.165) is 0 Å². The summed E-state index contributed by atoms with van der Waals surface area (Å²) < 4.78 is 0. The maximum absolute atomic E-state index is 10.5. The Morgan fingerprint density at radius 2 is 1.92 bits per heavy atom. The van der Waals surface area contributed by atoms with Gasteiger partial charge in [-0.05, 0) is 17.7 Å². The maximum atomic E-state index is 10.5. The molecule has 0 heterocycles. The Kier molecular flexibility index (Phi) is 3.00. The Morgan fingerprint density at radius 3 is 2.31 bits per heavy atom. The summed E-state index contributed by atoms with van der Waals surface area (Å²) in [7, 11) is 0. The molecule has 1 aromatic rings. The molecule has 0 aromatic heterocycles. The Morgan fingerprint density at radius 1 is 1.38 bits per heavy atom. The van der Waals surface area contributed by atoms with Gasteiger partial charge in [-0.15, -0.1) is 0 Å². The summed E-state index contributed by atoms with van der Waals surface area (Å²) in [6, 6.07) is 6.00. The number of carboxylic acid groups (broad SMARTS) is 1. The van der Waals surface area contributed by atoms with Crippen molar-refractivity contribution in [2.75, 3.05) is 6.54 Å². The second-order valence-electron chi connectivity index (χ2n) is 2.68. The molecule has 0 bridgehead atoms. The summed E-state index contributed by atoms with van der Waals surface area (Å²) >= 11 is 0. The lowest BCUT2D eigenvalue weighted by Gasteiger charge is -2.07. The number of rotatable bonds is 3. The monoisotopic (exact) mass is 181 g/mol. The van der Waals surface area contributed by atoms with E-state index in [1.54, 1.807) is 12.1 Å². The van der Waals surface area contributed by atoms with Crippen molar-refractivity contribution in [1.29, 1.82) is 0 Å². The van der Waals surface area contributed by atoms with Crippen LogP contribution in [0, 0.1) is 0 Å². The Balaban J connectivity index is 2.87. The SMILES string of the molecule is NC[C@@H](O)c1ccc(C(=O)O)cc1. The number of aliphatic hydroxyl groups excluding tert-OH is 1. The molecular weight excluding hydrogens is 170 g/mol. The molecule has 0 fully saturated rings. The van der Waals surface area contributed by atoms with E-state index < -0.39 is 12.1 Å². The minimum atomic E-state index is -0.978. The molecule has 4 heteroatoms. The fourth-order valence-electron chi connectivity index (χ4n) is 0.984. The molecule has 4 nitrogen and oxygen atoms in total. The Labute approximate surface area is 75.6 Å². The summed E-state index contributed by atoms with van der Waals surface area (Å²) in [6.07, 6.45) is -0.720. The molecule has 70 valence electrons. The number of carbonyl (C=O) groups is 1. The summed E-state index contributed by atoms with van der Waals surface area (Å²) in [6.45, 7) is 0.131. The van der Waals surface area contributed by atoms with Crippen LogP contribution in [0.2, 0.25) is 0 Å². The first kappa shape index (κ1) is 9.70. The van der Waals surface area contributed by atoms with Gasteiger partial charge >= 0.3 is 5.97 Å². The molecule has 0 radical (unpaired) electrons. The lowest BCUT2D eigenvalue weighted by molar-refractivity contribution is 0.0696. The number of benzene rings is 1. The lowest BCUT2D eigenvalue weighted by Crippen LogP contribution is -2.11. The fraction of sp³-hybridized carbons (Fsp3) is 0.222. The number of hydrogen-bond donors (Lipinski definition) is 3. The van der Waals surface area contributed by atoms with Crippen LogP contribution < -0.4 is 5.73 Å². The van der Waals surface area contributed by atoms with Crippen LogP contribution in [0.5, 0.6) is 0 Å². The minimum absolute atomic E-state index is 0.131. The highest BCUT2D eigenvalue weighted by atomic mass is 16.4. The third-order valence-electron chi connectivity index (χ3n) is 1.77. The Hall–Kier alpha value is -1.39. The second-order valence-corrected chi connectivity index (χ2v) is 2.68. The van der Waals surface area contributed by atoms with Crippen molar-refractivity contribution >= 4 is 5.97 Å². The molecule has 0 aliphatic heterocycles. The molecule has 1 rings (SSSR count). The first-order valence-corrected chi connectivity index (χ1v) is 3.86. The number of hydrogen-bond acceptors (Lipinski definition) is 3. The van der Waals surface area contributed by atoms with Crippen LogP contribution in [0.15, 0.2) is 24.3 Å². The summed E-state index contributed by atoms with van der Waals surface area (Å²) in [5.41, 5.74) is 6.07. The third-order valence-corrected chi connectivity index (χ3v) is 1.77. The average molecular weight is 181 g/mol. The molecule has 0 unspecified atom stereocenters. The highest BCUT2D eigenvalue weighted by Gasteiger charge is 2.06. The van der Waals surface area contributed by atoms with E-state index in [9.17, 15) is 9.90 Å². The van der Waals surface area contributed by atoms with Crippen molar-refractivity contribution in [3.8, 4) is 0 Å². The summed E-state index contributed by atoms with van der Waals surface area (Å²) in [5.74, 6) is -0.978. The zero-order valence-electron chi connectivity index (χ0n) is 6.97. The van der Waals surface area contributed by atoms with Gasteiger partial charge in [-0.25, -0.2) is 4.79 Å². The van der Waals surface area contributed by atoms with Crippen LogP contribution in [0.4, 0.5) is 0 Å². The van der Waals surface area contributed by atoms with Crippen LogP contribution >= 0.6 is 0 Å². The molecule has 0 aliphatic rings. The quantitative estimate of drug-likeness (QED) is 0.629. The zero-order valence-corrected chi connectivity index (χ0v) is 6.97. The molecule has 0 saturated heterocycles. The molecule has 0 amide bonds. The highest BCUT2D eigenvalue weighted by molar-refractivity contribution is 5.87. The molecule has 4 N–H and O–H groups in total. The number of carboxylic acids is 1. The Bertz CT molecular complexity index is 294. The molecule has 0 saturated carbocycles. The van der Waals surface area contributed by atoms with E-state index in [1.165, 1.54) is 12.1 Å². The minimum Gasteiger partial charge on any atom is -0.478 e. The molecule has 0 aliphatic carbocycles. The van der Waals surface area contributed by atoms with Gasteiger partial charge in [-0.1, -0.05) is 12.1 Å². The van der Waals surface area contributed by atoms with Gasteiger partial charge in [0.15, 0.2) is 0 Å². The van der Waals surface area contributed by atoms with Crippen LogP contribution in [-0.2, 0) is 0 Å². The van der Waals surface area contributed by atoms with Crippen molar-refractivity contribution < 1.29 is 15.0 Å². The van der Waals surface area contributed by atoms with Crippen molar-refractivity contribution in [1.82, 2.24) is 0 Å². The van der Waals surface area contributed by atoms with Crippen molar-refractivity contribution in [2.24, 2.45) is 5.73 Å². The molecule has 0 spiro atoms. The van der Waals surface area contributed by atoms with Gasteiger partial charge in [-0.3, -0.25) is 0 Å². The number of aliphatic hydroxyl groups is 1. The van der Waals surface area contributed by atoms with Crippen LogP contribution in [0.25, 0.3) is 0 Å². The first-order valence-electron chi connectivity index (χ1n) is 3.86. The normalized spacial score (nSPS) is 12.5. The van der Waals surface area contributed by atoms with Gasteiger partial charge in [0.2, 0.25) is 0 Å². The predicted octanol–water partition coefficient (Wildman–Crippen LogP) is 0.377. The fourth-order valence-corrected chi connectivity index (χ4v) is 0.984. The average Bonchev–Trinajstić information content (AvgIpc) is 2.17. The van der Waals surface area contributed by atoms with Crippen LogP contribution in [0.1, 0.15) is 22.0 Å². The first-order chi connectivity index (χ1) is 6.15. The van der Waals surface area contributed by atoms with Gasteiger partial charge in [0, 0.05) is 6.54 Å². The van der Waals surface area contributed by atoms with E-state index in [2.05, 4.69) is 0 Å². The van der Waals surface area contributed by atoms with Gasteiger partial charge in [0.05, 0.1) is 11.7 Å². The topological polar surface area (TPSA) is 83.5 Å². The zero-order chi connectivity index (χ0) is 9.84. The predicted molar refractivity (Wildman–Crippen MR) is 47.4 cm³/mol. The van der Waals surface area contributed by atoms with Gasteiger partial charge in [0.1, 0.15) is 0 Å². The summed E-state index contributed by atoms with van der Waals surface area (Å²) in [5, 5.41) is 17.9. The summed E-state index contributed by atoms with van der Waals surface area (Å²) in [4.78, 5) is 10.5. The van der Waals surface area contributed by atoms with Gasteiger partial charge in [0.25, 0.3) is 0 Å². The van der Waals surface area contributed by atoms with Crippen molar-refractivity contribution in [3.63, 3.8) is 0 Å². The van der Waals surface area contributed by atoms with Crippen molar-refractivity contribution in [2.45, 2.75) is 6.10 Å². The standard InChI is InChI=1S/C9H11NO3/c10-5-8(11)6-1-3-7(4-2-6)9(12)13/h1-4,8,11H,5,10H2,(H,12,13)/t8-/m1/s1. The second kappa shape index (κ2) is 4.02. The molecule has 1 aromatic carbocycles. The largest absolute Gasteiger partial charge is 0.478 e. The van der Waals surface area contributed by atoms with E-state index in [0.29, 0.717) is 5.56 Å². The maximum Gasteiger partial charge on any atom is 0.335 e. The number of aromatic carboxylic acids is 1. The van der Waals surface area contributed by atoms with Crippen LogP contribution in [-0.4, -0.2) is 22.7 Å². The van der Waals surface area contributed by atoms with Gasteiger partial charge < -0.3 is 15.9 Å². The van der Waals surface area contributed by atoms with E-state index in [1.807, 2.05) is 0 Å². The van der Waals surface area contributed by atoms with E-state index in [-0.39, 0.29) is 12.1 Å². The van der Waals surface area contributed by atoms with Crippen molar-refractivity contribution in [3.05, 3.63) is 35.4 Å². The number of nitrogens with two attached hydrogens (primary N) is 1. The third kappa shape index (κ3) is 2.27. The van der Waals surface area contributed by atoms with E-state index in [4.69, 9.17) is 10.8 Å². The molecular formula is C9H11NO3. The lowest BCUT2D eigenvalue weighted by atomic mass is 10.1. The van der Waals surface area contributed by atoms with Gasteiger partial charge in [-0.2, -0.15) is 0 Å². The van der Waals surface area contributed by atoms with E-state index >= 15 is 0 Å². The smallest absolute Gasteiger partial charge is 0.335 e.